The van der Waals surface area contributed by atoms with Gasteiger partial charge in [0.25, 0.3) is 5.56 Å². The molecule has 164 valence electrons. The molecule has 31 heavy (non-hydrogen) atoms. The average molecular weight is 454 g/mol. The molecular formula is C22H19ClF3NO4. The van der Waals surface area contributed by atoms with Crippen LogP contribution in [0.2, 0.25) is 5.02 Å². The summed E-state index contributed by atoms with van der Waals surface area (Å²) in [7, 11) is 1.40. The fraction of sp³-hybridized carbons (Fsp3) is 0.273. The lowest BCUT2D eigenvalue weighted by molar-refractivity contribution is -0.154. The van der Waals surface area contributed by atoms with E-state index in [-0.39, 0.29) is 21.7 Å². The first-order valence-electron chi connectivity index (χ1n) is 9.30. The number of hydrogen-bond donors (Lipinski definition) is 1. The highest BCUT2D eigenvalue weighted by molar-refractivity contribution is 6.31. The summed E-state index contributed by atoms with van der Waals surface area (Å²) >= 11 is 6.13. The SMILES string of the molecule is CC(C)OC(C(=O)O)c1c(-c2ccc(C(F)(F)F)cc2)c2cc(Cl)ccc2c(=O)n1C. The van der Waals surface area contributed by atoms with Gasteiger partial charge in [0, 0.05) is 23.0 Å². The number of carboxylic acids is 1. The summed E-state index contributed by atoms with van der Waals surface area (Å²) in [6.45, 7) is 3.29. The summed E-state index contributed by atoms with van der Waals surface area (Å²) in [5, 5.41) is 10.7. The van der Waals surface area contributed by atoms with Crippen molar-refractivity contribution in [3.8, 4) is 11.1 Å². The van der Waals surface area contributed by atoms with Gasteiger partial charge in [-0.2, -0.15) is 13.2 Å². The molecular weight excluding hydrogens is 435 g/mol. The molecule has 1 N–H and O–H groups in total. The zero-order valence-electron chi connectivity index (χ0n) is 16.8. The van der Waals surface area contributed by atoms with E-state index >= 15 is 0 Å². The van der Waals surface area contributed by atoms with Gasteiger partial charge < -0.3 is 14.4 Å². The molecule has 0 spiro atoms. The molecule has 1 unspecified atom stereocenters. The van der Waals surface area contributed by atoms with E-state index in [9.17, 15) is 27.9 Å². The Balaban J connectivity index is 2.44. The molecule has 1 aromatic heterocycles. The van der Waals surface area contributed by atoms with Gasteiger partial charge in [0.2, 0.25) is 0 Å². The van der Waals surface area contributed by atoms with Crippen LogP contribution in [0.1, 0.15) is 31.2 Å². The van der Waals surface area contributed by atoms with Gasteiger partial charge in [-0.15, -0.1) is 0 Å². The number of pyridine rings is 1. The predicted molar refractivity (Wildman–Crippen MR) is 111 cm³/mol. The topological polar surface area (TPSA) is 68.5 Å². The molecule has 9 heteroatoms. The van der Waals surface area contributed by atoms with Crippen LogP contribution in [-0.2, 0) is 22.8 Å². The van der Waals surface area contributed by atoms with Gasteiger partial charge in [-0.05, 0) is 55.1 Å². The number of fused-ring (bicyclic) bond motifs is 1. The van der Waals surface area contributed by atoms with Gasteiger partial charge in [-0.3, -0.25) is 4.79 Å². The van der Waals surface area contributed by atoms with Gasteiger partial charge in [0.1, 0.15) is 0 Å². The normalized spacial score (nSPS) is 13.0. The van der Waals surface area contributed by atoms with Crippen molar-refractivity contribution >= 4 is 28.3 Å². The van der Waals surface area contributed by atoms with Gasteiger partial charge in [-0.25, -0.2) is 4.79 Å². The summed E-state index contributed by atoms with van der Waals surface area (Å²) in [6.07, 6.45) is -6.55. The van der Waals surface area contributed by atoms with Crippen molar-refractivity contribution < 1.29 is 27.8 Å². The van der Waals surface area contributed by atoms with E-state index in [1.54, 1.807) is 13.8 Å². The van der Waals surface area contributed by atoms with E-state index in [4.69, 9.17) is 16.3 Å². The summed E-state index contributed by atoms with van der Waals surface area (Å²) < 4.78 is 45.9. The highest BCUT2D eigenvalue weighted by atomic mass is 35.5. The summed E-state index contributed by atoms with van der Waals surface area (Å²) in [4.78, 5) is 25.0. The Morgan fingerprint density at radius 1 is 1.10 bits per heavy atom. The number of carboxylic acid groups (broad SMARTS) is 1. The standard InChI is InChI=1S/C22H19ClF3NO4/c1-11(2)31-19(21(29)30)18-17(12-4-6-13(7-5-12)22(24,25)26)16-10-14(23)8-9-15(16)20(28)27(18)3/h4-11,19H,1-3H3,(H,29,30). The first-order valence-corrected chi connectivity index (χ1v) is 9.67. The van der Waals surface area contributed by atoms with Crippen LogP contribution in [-0.4, -0.2) is 21.7 Å². The van der Waals surface area contributed by atoms with Crippen molar-refractivity contribution in [2.45, 2.75) is 32.2 Å². The minimum absolute atomic E-state index is 0.0146. The van der Waals surface area contributed by atoms with E-state index in [0.717, 1.165) is 16.7 Å². The minimum atomic E-state index is -4.53. The lowest BCUT2D eigenvalue weighted by atomic mass is 9.93. The van der Waals surface area contributed by atoms with Gasteiger partial charge >= 0.3 is 12.1 Å². The van der Waals surface area contributed by atoms with E-state index in [0.29, 0.717) is 10.9 Å². The molecule has 5 nitrogen and oxygen atoms in total. The number of carbonyl (C=O) groups is 1. The number of aliphatic carboxylic acids is 1. The third-order valence-electron chi connectivity index (χ3n) is 4.79. The Hall–Kier alpha value is -2.84. The van der Waals surface area contributed by atoms with Crippen molar-refractivity contribution in [3.05, 3.63) is 69.1 Å². The van der Waals surface area contributed by atoms with Crippen molar-refractivity contribution in [2.24, 2.45) is 7.05 Å². The number of nitrogens with zero attached hydrogens (tertiary/aromatic N) is 1. The molecule has 0 fully saturated rings. The summed E-state index contributed by atoms with van der Waals surface area (Å²) in [5.74, 6) is -1.33. The molecule has 0 radical (unpaired) electrons. The molecule has 2 aromatic carbocycles. The smallest absolute Gasteiger partial charge is 0.416 e. The number of alkyl halides is 3. The van der Waals surface area contributed by atoms with Crippen LogP contribution >= 0.6 is 11.6 Å². The maximum absolute atomic E-state index is 13.0. The molecule has 0 aliphatic carbocycles. The molecule has 3 rings (SSSR count). The lowest BCUT2D eigenvalue weighted by Crippen LogP contribution is -2.29. The maximum atomic E-state index is 13.0. The Kier molecular flexibility index (Phi) is 6.16. The summed E-state index contributed by atoms with van der Waals surface area (Å²) in [5.41, 5.74) is -0.749. The minimum Gasteiger partial charge on any atom is -0.479 e. The number of benzene rings is 2. The third kappa shape index (κ3) is 4.45. The van der Waals surface area contributed by atoms with Crippen LogP contribution in [0.15, 0.2) is 47.3 Å². The third-order valence-corrected chi connectivity index (χ3v) is 5.02. The van der Waals surface area contributed by atoms with E-state index in [1.807, 2.05) is 0 Å². The molecule has 0 bridgehead atoms. The van der Waals surface area contributed by atoms with Crippen molar-refractivity contribution in [1.29, 1.82) is 0 Å². The fourth-order valence-corrected chi connectivity index (χ4v) is 3.63. The van der Waals surface area contributed by atoms with Crippen molar-refractivity contribution in [1.82, 2.24) is 4.57 Å². The zero-order chi connectivity index (χ0) is 23.1. The maximum Gasteiger partial charge on any atom is 0.416 e. The van der Waals surface area contributed by atoms with Gasteiger partial charge in [-0.1, -0.05) is 23.7 Å². The number of ether oxygens (including phenoxy) is 1. The summed E-state index contributed by atoms with van der Waals surface area (Å²) in [6, 6.07) is 8.78. The van der Waals surface area contributed by atoms with E-state index < -0.39 is 35.5 Å². The Labute approximate surface area is 180 Å². The highest BCUT2D eigenvalue weighted by Gasteiger charge is 2.32. The van der Waals surface area contributed by atoms with Crippen LogP contribution in [0, 0.1) is 0 Å². The predicted octanol–water partition coefficient (Wildman–Crippen LogP) is 5.43. The van der Waals surface area contributed by atoms with E-state index in [1.165, 1.54) is 37.4 Å². The number of halogens is 4. The second kappa shape index (κ2) is 8.36. The Bertz CT molecular complexity index is 1200. The molecule has 0 aliphatic heterocycles. The van der Waals surface area contributed by atoms with Crippen LogP contribution < -0.4 is 5.56 Å². The molecule has 1 atom stereocenters. The molecule has 0 amide bonds. The highest BCUT2D eigenvalue weighted by Crippen LogP contribution is 2.38. The zero-order valence-corrected chi connectivity index (χ0v) is 17.6. The molecule has 0 aliphatic rings. The fourth-order valence-electron chi connectivity index (χ4n) is 3.45. The number of hydrogen-bond acceptors (Lipinski definition) is 3. The van der Waals surface area contributed by atoms with Gasteiger partial charge in [0.05, 0.1) is 17.4 Å². The molecule has 3 aromatic rings. The van der Waals surface area contributed by atoms with Crippen LogP contribution in [0.25, 0.3) is 21.9 Å². The second-order valence-corrected chi connectivity index (χ2v) is 7.73. The average Bonchev–Trinajstić information content (AvgIpc) is 2.68. The van der Waals surface area contributed by atoms with Crippen molar-refractivity contribution in [2.75, 3.05) is 0 Å². The first kappa shape index (κ1) is 22.8. The van der Waals surface area contributed by atoms with Crippen molar-refractivity contribution in [3.63, 3.8) is 0 Å². The van der Waals surface area contributed by atoms with E-state index in [2.05, 4.69) is 0 Å². The number of rotatable bonds is 5. The second-order valence-electron chi connectivity index (χ2n) is 7.29. The van der Waals surface area contributed by atoms with Crippen LogP contribution in [0.3, 0.4) is 0 Å². The van der Waals surface area contributed by atoms with Crippen LogP contribution in [0.4, 0.5) is 13.2 Å². The largest absolute Gasteiger partial charge is 0.479 e. The molecule has 0 saturated heterocycles. The van der Waals surface area contributed by atoms with Crippen LogP contribution in [0.5, 0.6) is 0 Å². The quantitative estimate of drug-likeness (QED) is 0.559. The Morgan fingerprint density at radius 2 is 1.71 bits per heavy atom. The first-order chi connectivity index (χ1) is 14.4. The Morgan fingerprint density at radius 3 is 2.23 bits per heavy atom. The molecule has 1 heterocycles. The number of aromatic nitrogens is 1. The molecule has 0 saturated carbocycles. The monoisotopic (exact) mass is 453 g/mol. The van der Waals surface area contributed by atoms with Gasteiger partial charge in [0.15, 0.2) is 6.10 Å². The lowest BCUT2D eigenvalue weighted by Gasteiger charge is -2.24.